The number of aromatic amines is 1. The monoisotopic (exact) mass is 483 g/mol. The zero-order valence-corrected chi connectivity index (χ0v) is 20.2. The molecule has 0 spiro atoms. The minimum atomic E-state index is -3.76. The molecule has 1 atom stereocenters. The number of carbonyl (C=O) groups excluding carboxylic acids is 1. The first-order valence-corrected chi connectivity index (χ1v) is 12.8. The maximum atomic E-state index is 13.8. The van der Waals surface area contributed by atoms with E-state index >= 15 is 0 Å². The lowest BCUT2D eigenvalue weighted by atomic mass is 10.1. The van der Waals surface area contributed by atoms with Crippen LogP contribution in [-0.2, 0) is 21.3 Å². The van der Waals surface area contributed by atoms with Gasteiger partial charge in [0.05, 0.1) is 23.7 Å². The van der Waals surface area contributed by atoms with Gasteiger partial charge in [-0.3, -0.25) is 9.59 Å². The molecule has 1 fully saturated rings. The molecule has 2 aromatic carbocycles. The van der Waals surface area contributed by atoms with Crippen molar-refractivity contribution < 1.29 is 17.9 Å². The highest BCUT2D eigenvalue weighted by atomic mass is 32.2. The van der Waals surface area contributed by atoms with E-state index in [0.29, 0.717) is 30.7 Å². The predicted molar refractivity (Wildman–Crippen MR) is 130 cm³/mol. The first kappa shape index (κ1) is 24.1. The van der Waals surface area contributed by atoms with Gasteiger partial charge in [0.15, 0.2) is 0 Å². The van der Waals surface area contributed by atoms with Crippen LogP contribution in [0.25, 0.3) is 10.9 Å². The lowest BCUT2D eigenvalue weighted by molar-refractivity contribution is 0.0673. The van der Waals surface area contributed by atoms with E-state index in [1.165, 1.54) is 22.5 Å². The summed E-state index contributed by atoms with van der Waals surface area (Å²) in [4.78, 5) is 30.7. The smallest absolute Gasteiger partial charge is 0.255 e. The lowest BCUT2D eigenvalue weighted by Crippen LogP contribution is -2.40. The number of rotatable bonds is 7. The van der Waals surface area contributed by atoms with Crippen LogP contribution < -0.4 is 5.56 Å². The van der Waals surface area contributed by atoms with Crippen LogP contribution in [0.1, 0.15) is 36.2 Å². The molecular formula is C25H29N3O5S. The molecule has 1 aromatic heterocycles. The number of nitrogens with one attached hydrogen (secondary N) is 1. The van der Waals surface area contributed by atoms with Crippen molar-refractivity contribution in [3.8, 4) is 0 Å². The van der Waals surface area contributed by atoms with Crippen LogP contribution in [0.3, 0.4) is 0 Å². The fourth-order valence-corrected chi connectivity index (χ4v) is 5.52. The second-order valence-electron chi connectivity index (χ2n) is 8.45. The van der Waals surface area contributed by atoms with Gasteiger partial charge in [0.2, 0.25) is 15.6 Å². The van der Waals surface area contributed by atoms with E-state index in [4.69, 9.17) is 4.74 Å². The van der Waals surface area contributed by atoms with Crippen molar-refractivity contribution in [3.05, 3.63) is 76.1 Å². The van der Waals surface area contributed by atoms with Gasteiger partial charge in [-0.1, -0.05) is 37.3 Å². The molecule has 0 bridgehead atoms. The number of benzene rings is 2. The van der Waals surface area contributed by atoms with E-state index in [2.05, 4.69) is 4.98 Å². The summed E-state index contributed by atoms with van der Waals surface area (Å²) in [7, 11) is -3.76. The van der Waals surface area contributed by atoms with Crippen molar-refractivity contribution in [1.82, 2.24) is 14.2 Å². The summed E-state index contributed by atoms with van der Waals surface area (Å²) in [6, 6.07) is 15.3. The molecule has 1 aliphatic heterocycles. The summed E-state index contributed by atoms with van der Waals surface area (Å²) >= 11 is 0. The van der Waals surface area contributed by atoms with Crippen LogP contribution in [0.15, 0.2) is 64.3 Å². The Morgan fingerprint density at radius 2 is 1.82 bits per heavy atom. The number of carbonyl (C=O) groups is 1. The molecule has 0 aliphatic carbocycles. The van der Waals surface area contributed by atoms with Gasteiger partial charge in [-0.15, -0.1) is 0 Å². The standard InChI is InChI=1S/C25H29N3O5S/c1-3-18(2)28(17-19-7-5-4-6-8-19)25(30)22-16-24(29)26-23-10-9-20(15-21(22)23)34(31,32)27-11-13-33-14-12-27/h4-10,15-16,18H,3,11-14,17H2,1-2H3,(H,26,29). The predicted octanol–water partition coefficient (Wildman–Crippen LogP) is 2.99. The molecule has 0 radical (unpaired) electrons. The number of sulfonamides is 1. The van der Waals surface area contributed by atoms with Crippen LogP contribution in [0.2, 0.25) is 0 Å². The minimum absolute atomic E-state index is 0.0812. The molecule has 3 aromatic rings. The molecule has 180 valence electrons. The molecule has 34 heavy (non-hydrogen) atoms. The molecule has 1 saturated heterocycles. The van der Waals surface area contributed by atoms with E-state index in [1.807, 2.05) is 44.2 Å². The fourth-order valence-electron chi connectivity index (χ4n) is 4.09. The number of hydrogen-bond acceptors (Lipinski definition) is 5. The molecule has 0 saturated carbocycles. The fraction of sp³-hybridized carbons (Fsp3) is 0.360. The second-order valence-corrected chi connectivity index (χ2v) is 10.4. The van der Waals surface area contributed by atoms with Gasteiger partial charge >= 0.3 is 0 Å². The Kier molecular flexibility index (Phi) is 7.16. The van der Waals surface area contributed by atoms with Gasteiger partial charge in [0.1, 0.15) is 0 Å². The van der Waals surface area contributed by atoms with Crippen LogP contribution >= 0.6 is 0 Å². The summed E-state index contributed by atoms with van der Waals surface area (Å²) in [5.74, 6) is -0.310. The van der Waals surface area contributed by atoms with Gasteiger partial charge in [-0.05, 0) is 37.1 Å². The molecule has 8 nitrogen and oxygen atoms in total. The summed E-state index contributed by atoms with van der Waals surface area (Å²) < 4.78 is 33.1. The lowest BCUT2D eigenvalue weighted by Gasteiger charge is -2.29. The number of nitrogens with zero attached hydrogens (tertiary/aromatic N) is 2. The van der Waals surface area contributed by atoms with Gasteiger partial charge in [-0.25, -0.2) is 8.42 Å². The van der Waals surface area contributed by atoms with Gasteiger partial charge in [0, 0.05) is 42.6 Å². The van der Waals surface area contributed by atoms with Crippen LogP contribution in [-0.4, -0.2) is 60.9 Å². The maximum absolute atomic E-state index is 13.8. The number of pyridine rings is 1. The Hall–Kier alpha value is -3.01. The van der Waals surface area contributed by atoms with Gasteiger partial charge in [0.25, 0.3) is 5.91 Å². The Bertz CT molecular complexity index is 1330. The molecular weight excluding hydrogens is 454 g/mol. The Morgan fingerprint density at radius 1 is 1.12 bits per heavy atom. The number of H-pyrrole nitrogens is 1. The summed E-state index contributed by atoms with van der Waals surface area (Å²) in [6.07, 6.45) is 0.732. The first-order valence-electron chi connectivity index (χ1n) is 11.4. The third-order valence-electron chi connectivity index (χ3n) is 6.23. The van der Waals surface area contributed by atoms with E-state index in [9.17, 15) is 18.0 Å². The first-order chi connectivity index (χ1) is 16.3. The molecule has 9 heteroatoms. The van der Waals surface area contributed by atoms with Crippen molar-refractivity contribution >= 4 is 26.8 Å². The maximum Gasteiger partial charge on any atom is 0.255 e. The van der Waals surface area contributed by atoms with Crippen molar-refractivity contribution in [2.24, 2.45) is 0 Å². The number of fused-ring (bicyclic) bond motifs is 1. The molecule has 1 unspecified atom stereocenters. The minimum Gasteiger partial charge on any atom is -0.379 e. The molecule has 1 amide bonds. The number of morpholine rings is 1. The van der Waals surface area contributed by atoms with E-state index in [0.717, 1.165) is 12.0 Å². The van der Waals surface area contributed by atoms with Crippen LogP contribution in [0.5, 0.6) is 0 Å². The third-order valence-corrected chi connectivity index (χ3v) is 8.13. The highest BCUT2D eigenvalue weighted by Crippen LogP contribution is 2.25. The van der Waals surface area contributed by atoms with Crippen molar-refractivity contribution in [2.75, 3.05) is 26.3 Å². The summed E-state index contributed by atoms with van der Waals surface area (Å²) in [5, 5.41) is 0.403. The highest BCUT2D eigenvalue weighted by Gasteiger charge is 2.28. The Morgan fingerprint density at radius 3 is 2.50 bits per heavy atom. The Labute approximate surface area is 199 Å². The number of hydrogen-bond donors (Lipinski definition) is 1. The topological polar surface area (TPSA) is 99.8 Å². The zero-order chi connectivity index (χ0) is 24.3. The highest BCUT2D eigenvalue weighted by molar-refractivity contribution is 7.89. The third kappa shape index (κ3) is 4.91. The normalized spacial score (nSPS) is 15.8. The molecule has 2 heterocycles. The molecule has 4 rings (SSSR count). The second kappa shape index (κ2) is 10.1. The van der Waals surface area contributed by atoms with Crippen LogP contribution in [0, 0.1) is 0 Å². The van der Waals surface area contributed by atoms with Crippen molar-refractivity contribution in [2.45, 2.75) is 37.8 Å². The average Bonchev–Trinajstić information content (AvgIpc) is 2.86. The number of aromatic nitrogens is 1. The van der Waals surface area contributed by atoms with Crippen molar-refractivity contribution in [1.29, 1.82) is 0 Å². The van der Waals surface area contributed by atoms with Crippen LogP contribution in [0.4, 0.5) is 0 Å². The van der Waals surface area contributed by atoms with Crippen molar-refractivity contribution in [3.63, 3.8) is 0 Å². The number of amides is 1. The average molecular weight is 484 g/mol. The summed E-state index contributed by atoms with van der Waals surface area (Å²) in [5.41, 5.74) is 1.17. The van der Waals surface area contributed by atoms with E-state index < -0.39 is 15.6 Å². The molecule has 1 aliphatic rings. The Balaban J connectivity index is 1.79. The van der Waals surface area contributed by atoms with E-state index in [1.54, 1.807) is 11.0 Å². The SMILES string of the molecule is CCC(C)N(Cc1ccccc1)C(=O)c1cc(=O)[nH]c2ccc(S(=O)(=O)N3CCOCC3)cc12. The zero-order valence-electron chi connectivity index (χ0n) is 19.4. The number of ether oxygens (including phenoxy) is 1. The molecule has 1 N–H and O–H groups in total. The van der Waals surface area contributed by atoms with Gasteiger partial charge < -0.3 is 14.6 Å². The quantitative estimate of drug-likeness (QED) is 0.557. The van der Waals surface area contributed by atoms with E-state index in [-0.39, 0.29) is 35.5 Å². The van der Waals surface area contributed by atoms with Gasteiger partial charge in [-0.2, -0.15) is 4.31 Å². The largest absolute Gasteiger partial charge is 0.379 e. The summed E-state index contributed by atoms with van der Waals surface area (Å²) in [6.45, 7) is 5.58.